The maximum absolute atomic E-state index is 13.3. The van der Waals surface area contributed by atoms with E-state index in [0.717, 1.165) is 5.39 Å². The zero-order valence-electron chi connectivity index (χ0n) is 17.7. The number of nitrogens with zero attached hydrogens (tertiary/aromatic N) is 1. The Labute approximate surface area is 186 Å². The van der Waals surface area contributed by atoms with Gasteiger partial charge in [-0.25, -0.2) is 9.18 Å². The molecule has 0 radical (unpaired) electrons. The number of fused-ring (bicyclic) bond motifs is 1. The number of hydrogen-bond donors (Lipinski definition) is 3. The Bertz CT molecular complexity index is 1120. The van der Waals surface area contributed by atoms with E-state index in [1.807, 2.05) is 26.0 Å². The number of phenolic OH excluding ortho intramolecular Hbond substituents is 1. The number of alkyl halides is 3. The number of benzene rings is 2. The van der Waals surface area contributed by atoms with E-state index in [4.69, 9.17) is 9.90 Å². The molecule has 6 nitrogen and oxygen atoms in total. The molecule has 1 unspecified atom stereocenters. The number of carboxylic acids is 1. The number of aromatic hydroxyl groups is 1. The summed E-state index contributed by atoms with van der Waals surface area (Å²) in [7, 11) is 0. The molecule has 0 saturated carbocycles. The summed E-state index contributed by atoms with van der Waals surface area (Å²) in [4.78, 5) is 25.5. The van der Waals surface area contributed by atoms with E-state index in [1.165, 1.54) is 12.1 Å². The molecule has 1 amide bonds. The Morgan fingerprint density at radius 1 is 1.06 bits per heavy atom. The first kappa shape index (κ1) is 25.6. The second-order valence-corrected chi connectivity index (χ2v) is 7.53. The topological polar surface area (TPSA) is 99.5 Å². The molecule has 0 aliphatic carbocycles. The van der Waals surface area contributed by atoms with Crippen LogP contribution < -0.4 is 5.32 Å². The van der Waals surface area contributed by atoms with Gasteiger partial charge in [0.05, 0.1) is 6.04 Å². The fourth-order valence-electron chi connectivity index (χ4n) is 2.96. The van der Waals surface area contributed by atoms with E-state index in [1.54, 1.807) is 30.5 Å². The summed E-state index contributed by atoms with van der Waals surface area (Å²) < 4.78 is 45.1. The molecule has 0 saturated heterocycles. The predicted molar refractivity (Wildman–Crippen MR) is 113 cm³/mol. The highest BCUT2D eigenvalue weighted by Crippen LogP contribution is 2.34. The first-order chi connectivity index (χ1) is 15.4. The maximum atomic E-state index is 13.3. The van der Waals surface area contributed by atoms with Crippen LogP contribution in [0, 0.1) is 11.7 Å². The molecule has 0 fully saturated rings. The zero-order chi connectivity index (χ0) is 24.8. The van der Waals surface area contributed by atoms with Crippen LogP contribution in [0.25, 0.3) is 10.9 Å². The summed E-state index contributed by atoms with van der Waals surface area (Å²) in [5, 5.41) is 21.6. The molecule has 0 spiro atoms. The smallest absolute Gasteiger partial charge is 0.490 e. The van der Waals surface area contributed by atoms with E-state index < -0.39 is 18.2 Å². The van der Waals surface area contributed by atoms with E-state index >= 15 is 0 Å². The summed E-state index contributed by atoms with van der Waals surface area (Å²) >= 11 is 0. The molecule has 33 heavy (non-hydrogen) atoms. The molecule has 176 valence electrons. The average molecular weight is 466 g/mol. The first-order valence-corrected chi connectivity index (χ1v) is 9.81. The van der Waals surface area contributed by atoms with Crippen molar-refractivity contribution in [3.63, 3.8) is 0 Å². The van der Waals surface area contributed by atoms with Crippen molar-refractivity contribution in [1.29, 1.82) is 0 Å². The molecule has 1 atom stereocenters. The Kier molecular flexibility index (Phi) is 8.33. The van der Waals surface area contributed by atoms with Crippen LogP contribution in [0.1, 0.15) is 37.4 Å². The molecular formula is C23H22F4N2O4. The van der Waals surface area contributed by atoms with Crippen molar-refractivity contribution >= 4 is 22.8 Å². The molecule has 3 N–H and O–H groups in total. The lowest BCUT2D eigenvalue weighted by Gasteiger charge is -2.22. The normalized spacial score (nSPS) is 12.1. The largest absolute Gasteiger partial charge is 0.505 e. The number of carbonyl (C=O) groups is 2. The summed E-state index contributed by atoms with van der Waals surface area (Å²) in [6.45, 7) is 3.92. The van der Waals surface area contributed by atoms with Gasteiger partial charge >= 0.3 is 12.1 Å². The quantitative estimate of drug-likeness (QED) is 0.462. The van der Waals surface area contributed by atoms with Crippen molar-refractivity contribution in [2.45, 2.75) is 32.5 Å². The van der Waals surface area contributed by atoms with Crippen molar-refractivity contribution in [3.8, 4) is 5.75 Å². The standard InChI is InChI=1S/C21H21FN2O2.C2HF3O2/c1-13(2)12-18(25)24-19(15-5-8-16(22)9-6-15)17-10-7-14-4-3-11-23-20(14)21(17)26;3-2(4,5)1(6)7/h3-11,13,19,26H,12H2,1-2H3,(H,24,25);(H,6,7). The lowest BCUT2D eigenvalue weighted by molar-refractivity contribution is -0.192. The molecule has 1 heterocycles. The Morgan fingerprint density at radius 2 is 1.67 bits per heavy atom. The molecule has 0 bridgehead atoms. The van der Waals surface area contributed by atoms with Crippen LogP contribution in [0.4, 0.5) is 17.6 Å². The number of pyridine rings is 1. The average Bonchev–Trinajstić information content (AvgIpc) is 2.73. The van der Waals surface area contributed by atoms with Gasteiger partial charge in [-0.1, -0.05) is 44.2 Å². The van der Waals surface area contributed by atoms with Gasteiger partial charge < -0.3 is 15.5 Å². The fourth-order valence-corrected chi connectivity index (χ4v) is 2.96. The molecule has 3 rings (SSSR count). The van der Waals surface area contributed by atoms with Gasteiger partial charge in [-0.3, -0.25) is 9.78 Å². The van der Waals surface area contributed by atoms with Crippen LogP contribution in [-0.2, 0) is 9.59 Å². The Hall–Kier alpha value is -3.69. The number of aliphatic carboxylic acids is 1. The van der Waals surface area contributed by atoms with Gasteiger partial charge in [0.1, 0.15) is 17.1 Å². The van der Waals surface area contributed by atoms with Crippen LogP contribution in [-0.4, -0.2) is 33.2 Å². The maximum Gasteiger partial charge on any atom is 0.490 e. The molecule has 0 aliphatic heterocycles. The molecule has 3 aromatic rings. The van der Waals surface area contributed by atoms with Crippen LogP contribution in [0.15, 0.2) is 54.7 Å². The second-order valence-electron chi connectivity index (χ2n) is 7.53. The number of nitrogens with one attached hydrogen (secondary N) is 1. The number of carbonyl (C=O) groups excluding carboxylic acids is 1. The number of phenols is 1. The minimum absolute atomic E-state index is 0.0160. The van der Waals surface area contributed by atoms with Crippen molar-refractivity contribution in [1.82, 2.24) is 10.3 Å². The van der Waals surface area contributed by atoms with Gasteiger partial charge in [-0.05, 0) is 29.7 Å². The highest BCUT2D eigenvalue weighted by atomic mass is 19.4. The van der Waals surface area contributed by atoms with Crippen molar-refractivity contribution in [2.75, 3.05) is 0 Å². The van der Waals surface area contributed by atoms with Gasteiger partial charge in [-0.2, -0.15) is 13.2 Å². The Balaban J connectivity index is 0.000000479. The molecule has 0 aliphatic rings. The summed E-state index contributed by atoms with van der Waals surface area (Å²) in [5.74, 6) is -3.02. The number of rotatable bonds is 5. The van der Waals surface area contributed by atoms with Crippen molar-refractivity contribution in [2.24, 2.45) is 5.92 Å². The fraction of sp³-hybridized carbons (Fsp3) is 0.261. The van der Waals surface area contributed by atoms with Crippen LogP contribution in [0.2, 0.25) is 0 Å². The lowest BCUT2D eigenvalue weighted by Crippen LogP contribution is -2.30. The third-order valence-corrected chi connectivity index (χ3v) is 4.43. The third-order valence-electron chi connectivity index (χ3n) is 4.43. The van der Waals surface area contributed by atoms with Crippen molar-refractivity contribution < 1.29 is 37.4 Å². The summed E-state index contributed by atoms with van der Waals surface area (Å²) in [5.41, 5.74) is 1.68. The summed E-state index contributed by atoms with van der Waals surface area (Å²) in [6.07, 6.45) is -3.11. The number of hydrogen-bond acceptors (Lipinski definition) is 4. The molecule has 1 aromatic heterocycles. The first-order valence-electron chi connectivity index (χ1n) is 9.81. The van der Waals surface area contributed by atoms with Gasteiger partial charge in [-0.15, -0.1) is 0 Å². The van der Waals surface area contributed by atoms with E-state index in [2.05, 4.69) is 10.3 Å². The van der Waals surface area contributed by atoms with Gasteiger partial charge in [0.25, 0.3) is 0 Å². The predicted octanol–water partition coefficient (Wildman–Crippen LogP) is 4.96. The van der Waals surface area contributed by atoms with E-state index in [9.17, 15) is 27.5 Å². The summed E-state index contributed by atoms with van der Waals surface area (Å²) in [6, 6.07) is 12.6. The lowest BCUT2D eigenvalue weighted by atomic mass is 9.95. The van der Waals surface area contributed by atoms with Gasteiger partial charge in [0.15, 0.2) is 0 Å². The highest BCUT2D eigenvalue weighted by Gasteiger charge is 2.38. The number of carboxylic acid groups (broad SMARTS) is 1. The SMILES string of the molecule is CC(C)CC(=O)NC(c1ccc(F)cc1)c1ccc2cccnc2c1O.O=C(O)C(F)(F)F. The number of aromatic nitrogens is 1. The number of amides is 1. The molecule has 2 aromatic carbocycles. The molecular weight excluding hydrogens is 444 g/mol. The minimum Gasteiger partial charge on any atom is -0.505 e. The van der Waals surface area contributed by atoms with Crippen molar-refractivity contribution in [3.05, 3.63) is 71.7 Å². The minimum atomic E-state index is -5.08. The van der Waals surface area contributed by atoms with Gasteiger partial charge in [0, 0.05) is 23.6 Å². The van der Waals surface area contributed by atoms with Crippen LogP contribution in [0.3, 0.4) is 0 Å². The zero-order valence-corrected chi connectivity index (χ0v) is 17.7. The van der Waals surface area contributed by atoms with Crippen LogP contribution in [0.5, 0.6) is 5.75 Å². The van der Waals surface area contributed by atoms with Crippen LogP contribution >= 0.6 is 0 Å². The highest BCUT2D eigenvalue weighted by molar-refractivity contribution is 5.86. The van der Waals surface area contributed by atoms with E-state index in [-0.39, 0.29) is 23.4 Å². The van der Waals surface area contributed by atoms with E-state index in [0.29, 0.717) is 23.1 Å². The van der Waals surface area contributed by atoms with Gasteiger partial charge in [0.2, 0.25) is 5.91 Å². The monoisotopic (exact) mass is 466 g/mol. The Morgan fingerprint density at radius 3 is 2.21 bits per heavy atom. The molecule has 10 heteroatoms. The third kappa shape index (κ3) is 7.16. The number of halogens is 4. The second kappa shape index (κ2) is 10.8.